The maximum absolute atomic E-state index is 14.6. The third-order valence-corrected chi connectivity index (χ3v) is 7.20. The van der Waals surface area contributed by atoms with E-state index < -0.39 is 28.3 Å². The van der Waals surface area contributed by atoms with Gasteiger partial charge in [-0.05, 0) is 57.2 Å². The number of hydrogen-bond donors (Lipinski definition) is 0. The first-order valence-corrected chi connectivity index (χ1v) is 12.1. The molecule has 1 saturated heterocycles. The summed E-state index contributed by atoms with van der Waals surface area (Å²) in [6, 6.07) is 11.3. The topological polar surface area (TPSA) is 66.9 Å². The van der Waals surface area contributed by atoms with Crippen molar-refractivity contribution in [3.8, 4) is 0 Å². The summed E-state index contributed by atoms with van der Waals surface area (Å²) in [5.41, 5.74) is 1.16. The van der Waals surface area contributed by atoms with Crippen molar-refractivity contribution in [1.29, 1.82) is 0 Å². The van der Waals surface area contributed by atoms with Crippen LogP contribution in [-0.2, 0) is 20.3 Å². The van der Waals surface area contributed by atoms with Crippen molar-refractivity contribution in [3.63, 3.8) is 0 Å². The fourth-order valence-electron chi connectivity index (χ4n) is 3.82. The lowest BCUT2D eigenvalue weighted by molar-refractivity contribution is -0.139. The van der Waals surface area contributed by atoms with Gasteiger partial charge in [-0.2, -0.15) is 0 Å². The van der Waals surface area contributed by atoms with Gasteiger partial charge < -0.3 is 14.5 Å². The van der Waals surface area contributed by atoms with Crippen molar-refractivity contribution in [3.05, 3.63) is 58.9 Å². The molecule has 3 atom stereocenters. The lowest BCUT2D eigenvalue weighted by Crippen LogP contribution is -2.59. The maximum Gasteiger partial charge on any atom is 0.318 e. The van der Waals surface area contributed by atoms with Gasteiger partial charge in [0.1, 0.15) is 11.6 Å². The van der Waals surface area contributed by atoms with Gasteiger partial charge >= 0.3 is 5.97 Å². The fourth-order valence-corrected chi connectivity index (χ4v) is 4.95. The molecule has 1 amide bonds. The van der Waals surface area contributed by atoms with Crippen LogP contribution in [0.2, 0.25) is 5.02 Å². The normalized spacial score (nSPS) is 19.5. The monoisotopic (exact) mass is 480 g/mol. The van der Waals surface area contributed by atoms with Crippen molar-refractivity contribution in [2.75, 3.05) is 30.3 Å². The molecule has 0 spiro atoms. The molecule has 2 unspecified atom stereocenters. The van der Waals surface area contributed by atoms with E-state index >= 15 is 0 Å². The van der Waals surface area contributed by atoms with Gasteiger partial charge in [0.05, 0.1) is 22.3 Å². The highest BCUT2D eigenvalue weighted by Gasteiger charge is 2.34. The van der Waals surface area contributed by atoms with Gasteiger partial charge in [-0.15, -0.1) is 0 Å². The molecule has 2 aromatic carbocycles. The molecule has 172 valence electrons. The number of carbonyl (C=O) groups is 2. The zero-order chi connectivity index (χ0) is 23.4. The van der Waals surface area contributed by atoms with Gasteiger partial charge in [0.15, 0.2) is 0 Å². The number of piperazine rings is 1. The Hall–Kier alpha value is -2.45. The SMILES string of the molecule is CCOC(=O)CS(=O)c1ccc(C(=O)N2CCN(c3cccc(Cl)c3)C(C)[C@@H]2C)cc1F. The predicted octanol–water partition coefficient (Wildman–Crippen LogP) is 3.89. The number of anilines is 1. The van der Waals surface area contributed by atoms with Crippen LogP contribution in [0, 0.1) is 5.82 Å². The van der Waals surface area contributed by atoms with Gasteiger partial charge in [-0.3, -0.25) is 13.8 Å². The lowest BCUT2D eigenvalue weighted by atomic mass is 10.0. The molecule has 0 aliphatic carbocycles. The number of amides is 1. The molecule has 9 heteroatoms. The van der Waals surface area contributed by atoms with Crippen LogP contribution in [0.1, 0.15) is 31.1 Å². The van der Waals surface area contributed by atoms with Gasteiger partial charge in [0.2, 0.25) is 0 Å². The van der Waals surface area contributed by atoms with Crippen LogP contribution >= 0.6 is 11.6 Å². The molecule has 0 saturated carbocycles. The molecule has 0 bridgehead atoms. The van der Waals surface area contributed by atoms with E-state index in [0.29, 0.717) is 18.1 Å². The quantitative estimate of drug-likeness (QED) is 0.587. The minimum atomic E-state index is -1.89. The van der Waals surface area contributed by atoms with Crippen LogP contribution in [0.15, 0.2) is 47.4 Å². The van der Waals surface area contributed by atoms with E-state index in [9.17, 15) is 18.2 Å². The van der Waals surface area contributed by atoms with E-state index in [2.05, 4.69) is 4.90 Å². The number of halogens is 2. The summed E-state index contributed by atoms with van der Waals surface area (Å²) in [4.78, 5) is 28.4. The van der Waals surface area contributed by atoms with E-state index in [4.69, 9.17) is 16.3 Å². The molecule has 1 aliphatic heterocycles. The molecular weight excluding hydrogens is 455 g/mol. The van der Waals surface area contributed by atoms with E-state index in [1.807, 2.05) is 38.1 Å². The van der Waals surface area contributed by atoms with Crippen LogP contribution < -0.4 is 4.90 Å². The second kappa shape index (κ2) is 10.4. The van der Waals surface area contributed by atoms with E-state index in [0.717, 1.165) is 11.8 Å². The first kappa shape index (κ1) is 24.2. The van der Waals surface area contributed by atoms with Crippen LogP contribution in [-0.4, -0.2) is 58.5 Å². The molecule has 1 fully saturated rings. The molecule has 6 nitrogen and oxygen atoms in total. The average molecular weight is 481 g/mol. The number of esters is 1. The molecule has 2 aromatic rings. The van der Waals surface area contributed by atoms with Gasteiger partial charge in [0, 0.05) is 41.4 Å². The van der Waals surface area contributed by atoms with Crippen molar-refractivity contribution >= 4 is 40.0 Å². The molecule has 0 N–H and O–H groups in total. The van der Waals surface area contributed by atoms with E-state index in [-0.39, 0.29) is 35.1 Å². The zero-order valence-electron chi connectivity index (χ0n) is 18.2. The van der Waals surface area contributed by atoms with Crippen molar-refractivity contribution in [1.82, 2.24) is 4.90 Å². The van der Waals surface area contributed by atoms with Crippen LogP contribution in [0.4, 0.5) is 10.1 Å². The second-order valence-corrected chi connectivity index (χ2v) is 9.45. The molecule has 0 radical (unpaired) electrons. The summed E-state index contributed by atoms with van der Waals surface area (Å²) < 4.78 is 31.7. The Morgan fingerprint density at radius 2 is 1.91 bits per heavy atom. The first-order chi connectivity index (χ1) is 15.2. The number of nitrogens with zero attached hydrogens (tertiary/aromatic N) is 2. The number of ether oxygens (including phenoxy) is 1. The Morgan fingerprint density at radius 3 is 2.56 bits per heavy atom. The van der Waals surface area contributed by atoms with E-state index in [1.165, 1.54) is 12.1 Å². The summed E-state index contributed by atoms with van der Waals surface area (Å²) >= 11 is 6.13. The smallest absolute Gasteiger partial charge is 0.318 e. The predicted molar refractivity (Wildman–Crippen MR) is 123 cm³/mol. The minimum absolute atomic E-state index is 0.0207. The van der Waals surface area contributed by atoms with Crippen molar-refractivity contribution in [2.24, 2.45) is 0 Å². The molecule has 1 heterocycles. The van der Waals surface area contributed by atoms with Crippen LogP contribution in [0.25, 0.3) is 0 Å². The van der Waals surface area contributed by atoms with Crippen molar-refractivity contribution in [2.45, 2.75) is 37.8 Å². The summed E-state index contributed by atoms with van der Waals surface area (Å²) in [6.45, 7) is 6.87. The molecule has 0 aromatic heterocycles. The van der Waals surface area contributed by atoms with Crippen LogP contribution in [0.3, 0.4) is 0 Å². The Bertz CT molecular complexity index is 1030. The second-order valence-electron chi connectivity index (χ2n) is 7.59. The summed E-state index contributed by atoms with van der Waals surface area (Å²) in [5, 5.41) is 0.650. The highest BCUT2D eigenvalue weighted by Crippen LogP contribution is 2.28. The molecule has 1 aliphatic rings. The minimum Gasteiger partial charge on any atom is -0.465 e. The molecule has 3 rings (SSSR count). The summed E-state index contributed by atoms with van der Waals surface area (Å²) in [5.74, 6) is -2.17. The third-order valence-electron chi connectivity index (χ3n) is 5.64. The molecule has 32 heavy (non-hydrogen) atoms. The van der Waals surface area contributed by atoms with Gasteiger partial charge in [-0.25, -0.2) is 4.39 Å². The number of benzene rings is 2. The number of hydrogen-bond acceptors (Lipinski definition) is 5. The highest BCUT2D eigenvalue weighted by atomic mass is 35.5. The Morgan fingerprint density at radius 1 is 1.16 bits per heavy atom. The number of carbonyl (C=O) groups excluding carboxylic acids is 2. The van der Waals surface area contributed by atoms with Crippen molar-refractivity contribution < 1.29 is 22.9 Å². The number of rotatable bonds is 6. The first-order valence-electron chi connectivity index (χ1n) is 10.4. The standard InChI is InChI=1S/C23H26ClFN2O4S/c1-4-31-22(28)14-32(30)21-9-8-17(12-20(21)25)23(29)27-11-10-26(15(2)16(27)3)19-7-5-6-18(24)13-19/h5-9,12-13,15-16H,4,10-11,14H2,1-3H3/t15?,16-,32?/m0/s1. The average Bonchev–Trinajstić information content (AvgIpc) is 2.75. The Kier molecular flexibility index (Phi) is 7.90. The van der Waals surface area contributed by atoms with E-state index in [1.54, 1.807) is 11.8 Å². The highest BCUT2D eigenvalue weighted by molar-refractivity contribution is 7.85. The van der Waals surface area contributed by atoms with Gasteiger partial charge in [-0.1, -0.05) is 17.7 Å². The van der Waals surface area contributed by atoms with Crippen LogP contribution in [0.5, 0.6) is 0 Å². The Balaban J connectivity index is 1.73. The third kappa shape index (κ3) is 5.30. The maximum atomic E-state index is 14.6. The molecular formula is C23H26ClFN2O4S. The summed E-state index contributed by atoms with van der Waals surface area (Å²) in [6.07, 6.45) is 0. The zero-order valence-corrected chi connectivity index (χ0v) is 19.8. The fraction of sp³-hybridized carbons (Fsp3) is 0.391. The van der Waals surface area contributed by atoms with Gasteiger partial charge in [0.25, 0.3) is 5.91 Å². The summed E-state index contributed by atoms with van der Waals surface area (Å²) in [7, 11) is -1.89. The lowest BCUT2D eigenvalue weighted by Gasteiger charge is -2.46. The Labute approximate surface area is 194 Å². The largest absolute Gasteiger partial charge is 0.465 e.